The number of hydrogen-bond donors (Lipinski definition) is 1. The lowest BCUT2D eigenvalue weighted by atomic mass is 10.1. The van der Waals surface area contributed by atoms with Crippen molar-refractivity contribution in [1.29, 1.82) is 0 Å². The molecule has 1 heterocycles. The highest BCUT2D eigenvalue weighted by Gasteiger charge is 2.01. The Morgan fingerprint density at radius 2 is 1.89 bits per heavy atom. The molecule has 4 heteroatoms. The molecule has 0 unspecified atom stereocenters. The molecule has 2 N–H and O–H groups in total. The van der Waals surface area contributed by atoms with Crippen molar-refractivity contribution in [2.24, 2.45) is 0 Å². The molecule has 0 saturated carbocycles. The second-order valence-corrected chi connectivity index (χ2v) is 4.30. The van der Waals surface area contributed by atoms with Crippen LogP contribution in [0.4, 0.5) is 5.69 Å². The number of aryl methyl sites for hydroxylation is 2. The third kappa shape index (κ3) is 3.20. The molecule has 94 valence electrons. The van der Waals surface area contributed by atoms with Crippen LogP contribution in [0, 0.1) is 13.8 Å². The summed E-state index contributed by atoms with van der Waals surface area (Å²) in [7, 11) is 0. The summed E-state index contributed by atoms with van der Waals surface area (Å²) in [5, 5.41) is 0. The maximum atomic E-state index is 5.74. The van der Waals surface area contributed by atoms with Crippen molar-refractivity contribution in [2.75, 3.05) is 12.3 Å². The Morgan fingerprint density at radius 3 is 2.61 bits per heavy atom. The number of benzene rings is 1. The van der Waals surface area contributed by atoms with Gasteiger partial charge in [-0.05, 0) is 31.0 Å². The van der Waals surface area contributed by atoms with Gasteiger partial charge in [0.25, 0.3) is 0 Å². The minimum Gasteiger partial charge on any atom is -0.493 e. The zero-order chi connectivity index (χ0) is 13.0. The zero-order valence-corrected chi connectivity index (χ0v) is 10.7. The van der Waals surface area contributed by atoms with Gasteiger partial charge in [-0.15, -0.1) is 0 Å². The minimum absolute atomic E-state index is 0.564. The molecule has 0 spiro atoms. The molecule has 0 saturated heterocycles. The summed E-state index contributed by atoms with van der Waals surface area (Å²) >= 11 is 0. The van der Waals surface area contributed by atoms with E-state index in [9.17, 15) is 0 Å². The van der Waals surface area contributed by atoms with Gasteiger partial charge in [0.05, 0.1) is 24.7 Å². The zero-order valence-electron chi connectivity index (χ0n) is 10.7. The van der Waals surface area contributed by atoms with Gasteiger partial charge in [-0.25, -0.2) is 9.97 Å². The molecule has 4 nitrogen and oxygen atoms in total. The SMILES string of the molecule is Cc1ccc(C)c(OCCc2ncc(N)cn2)c1. The number of nitrogens with two attached hydrogens (primary N) is 1. The summed E-state index contributed by atoms with van der Waals surface area (Å²) in [5.41, 5.74) is 8.44. The van der Waals surface area contributed by atoms with Crippen molar-refractivity contribution >= 4 is 5.69 Å². The van der Waals surface area contributed by atoms with Gasteiger partial charge in [-0.1, -0.05) is 12.1 Å². The summed E-state index contributed by atoms with van der Waals surface area (Å²) in [5.74, 6) is 1.67. The highest BCUT2D eigenvalue weighted by Crippen LogP contribution is 2.19. The van der Waals surface area contributed by atoms with Gasteiger partial charge < -0.3 is 10.5 Å². The molecule has 0 fully saturated rings. The Kier molecular flexibility index (Phi) is 3.77. The van der Waals surface area contributed by atoms with Gasteiger partial charge in [-0.3, -0.25) is 0 Å². The number of hydrogen-bond acceptors (Lipinski definition) is 4. The molecule has 1 aromatic heterocycles. The van der Waals surface area contributed by atoms with Gasteiger partial charge in [0.15, 0.2) is 0 Å². The molecular weight excluding hydrogens is 226 g/mol. The molecular formula is C14H17N3O. The maximum absolute atomic E-state index is 5.74. The summed E-state index contributed by atoms with van der Waals surface area (Å²) in [6.45, 7) is 4.65. The van der Waals surface area contributed by atoms with Crippen LogP contribution >= 0.6 is 0 Å². The van der Waals surface area contributed by atoms with Gasteiger partial charge in [0.2, 0.25) is 0 Å². The van der Waals surface area contributed by atoms with Crippen LogP contribution < -0.4 is 10.5 Å². The topological polar surface area (TPSA) is 61.0 Å². The normalized spacial score (nSPS) is 10.3. The predicted octanol–water partition coefficient (Wildman–Crippen LogP) is 2.30. The second kappa shape index (κ2) is 5.49. The second-order valence-electron chi connectivity index (χ2n) is 4.30. The maximum Gasteiger partial charge on any atom is 0.131 e. The van der Waals surface area contributed by atoms with E-state index in [-0.39, 0.29) is 0 Å². The number of aromatic nitrogens is 2. The van der Waals surface area contributed by atoms with Crippen LogP contribution in [0.15, 0.2) is 30.6 Å². The van der Waals surface area contributed by atoms with Crippen molar-refractivity contribution in [3.63, 3.8) is 0 Å². The number of nitrogen functional groups attached to an aromatic ring is 1. The predicted molar refractivity (Wildman–Crippen MR) is 71.6 cm³/mol. The van der Waals surface area contributed by atoms with Crippen molar-refractivity contribution in [2.45, 2.75) is 20.3 Å². The Balaban J connectivity index is 1.92. The largest absolute Gasteiger partial charge is 0.493 e. The number of anilines is 1. The first-order valence-corrected chi connectivity index (χ1v) is 5.91. The van der Waals surface area contributed by atoms with Crippen LogP contribution in [-0.2, 0) is 6.42 Å². The van der Waals surface area contributed by atoms with Gasteiger partial charge in [-0.2, -0.15) is 0 Å². The molecule has 2 rings (SSSR count). The fraction of sp³-hybridized carbons (Fsp3) is 0.286. The summed E-state index contributed by atoms with van der Waals surface area (Å²) in [6, 6.07) is 6.18. The van der Waals surface area contributed by atoms with Crippen LogP contribution in [0.25, 0.3) is 0 Å². The van der Waals surface area contributed by atoms with E-state index in [1.54, 1.807) is 12.4 Å². The van der Waals surface area contributed by atoms with Crippen molar-refractivity contribution in [3.05, 3.63) is 47.5 Å². The molecule has 0 bridgehead atoms. The van der Waals surface area contributed by atoms with Gasteiger partial charge in [0.1, 0.15) is 11.6 Å². The molecule has 2 aromatic rings. The average molecular weight is 243 g/mol. The third-order valence-corrected chi connectivity index (χ3v) is 2.65. The molecule has 0 radical (unpaired) electrons. The number of rotatable bonds is 4. The third-order valence-electron chi connectivity index (χ3n) is 2.65. The van der Waals surface area contributed by atoms with E-state index >= 15 is 0 Å². The van der Waals surface area contributed by atoms with Crippen molar-refractivity contribution < 1.29 is 4.74 Å². The van der Waals surface area contributed by atoms with Gasteiger partial charge in [0, 0.05) is 6.42 Å². The molecule has 1 aromatic carbocycles. The van der Waals surface area contributed by atoms with Gasteiger partial charge >= 0.3 is 0 Å². The lowest BCUT2D eigenvalue weighted by Crippen LogP contribution is -2.06. The van der Waals surface area contributed by atoms with E-state index < -0.39 is 0 Å². The first-order valence-electron chi connectivity index (χ1n) is 5.91. The van der Waals surface area contributed by atoms with E-state index in [1.807, 2.05) is 13.0 Å². The van der Waals surface area contributed by atoms with Crippen molar-refractivity contribution in [1.82, 2.24) is 9.97 Å². The summed E-state index contributed by atoms with van der Waals surface area (Å²) < 4.78 is 5.74. The number of ether oxygens (including phenoxy) is 1. The Labute approximate surface area is 107 Å². The summed E-state index contributed by atoms with van der Waals surface area (Å²) in [4.78, 5) is 8.27. The molecule has 0 aliphatic rings. The Morgan fingerprint density at radius 1 is 1.17 bits per heavy atom. The standard InChI is InChI=1S/C14H17N3O/c1-10-3-4-11(2)13(7-10)18-6-5-14-16-8-12(15)9-17-14/h3-4,7-9H,5-6,15H2,1-2H3. The highest BCUT2D eigenvalue weighted by molar-refractivity contribution is 5.36. The van der Waals surface area contributed by atoms with E-state index in [1.165, 1.54) is 5.56 Å². The Hall–Kier alpha value is -2.10. The van der Waals surface area contributed by atoms with Crippen LogP contribution in [0.1, 0.15) is 17.0 Å². The minimum atomic E-state index is 0.564. The molecule has 18 heavy (non-hydrogen) atoms. The Bertz CT molecular complexity index is 523. The molecule has 0 aliphatic heterocycles. The van der Waals surface area contributed by atoms with Crippen LogP contribution in [0.3, 0.4) is 0 Å². The van der Waals surface area contributed by atoms with E-state index in [0.29, 0.717) is 18.7 Å². The van der Waals surface area contributed by atoms with Crippen LogP contribution in [-0.4, -0.2) is 16.6 Å². The quantitative estimate of drug-likeness (QED) is 0.895. The molecule has 0 aliphatic carbocycles. The number of nitrogens with zero attached hydrogens (tertiary/aromatic N) is 2. The first kappa shape index (κ1) is 12.4. The monoisotopic (exact) mass is 243 g/mol. The molecule has 0 atom stereocenters. The highest BCUT2D eigenvalue weighted by atomic mass is 16.5. The smallest absolute Gasteiger partial charge is 0.131 e. The first-order chi connectivity index (χ1) is 8.65. The lowest BCUT2D eigenvalue weighted by Gasteiger charge is -2.09. The average Bonchev–Trinajstić information content (AvgIpc) is 2.36. The molecule has 0 amide bonds. The van der Waals surface area contributed by atoms with E-state index in [0.717, 1.165) is 17.1 Å². The van der Waals surface area contributed by atoms with Crippen molar-refractivity contribution in [3.8, 4) is 5.75 Å². The summed E-state index contributed by atoms with van der Waals surface area (Å²) in [6.07, 6.45) is 3.90. The lowest BCUT2D eigenvalue weighted by molar-refractivity contribution is 0.316. The van der Waals surface area contributed by atoms with Crippen LogP contribution in [0.5, 0.6) is 5.75 Å². The fourth-order valence-electron chi connectivity index (χ4n) is 1.61. The van der Waals surface area contributed by atoms with Crippen LogP contribution in [0.2, 0.25) is 0 Å². The van der Waals surface area contributed by atoms with E-state index in [4.69, 9.17) is 10.5 Å². The fourth-order valence-corrected chi connectivity index (χ4v) is 1.61. The van der Waals surface area contributed by atoms with E-state index in [2.05, 4.69) is 29.0 Å².